The zero-order valence-corrected chi connectivity index (χ0v) is 9.19. The lowest BCUT2D eigenvalue weighted by molar-refractivity contribution is 0.580. The van der Waals surface area contributed by atoms with Crippen LogP contribution in [0.2, 0.25) is 0 Å². The van der Waals surface area contributed by atoms with Crippen LogP contribution in [0, 0.1) is 0 Å². The summed E-state index contributed by atoms with van der Waals surface area (Å²) in [6.45, 7) is 0. The van der Waals surface area contributed by atoms with Crippen LogP contribution in [0.4, 0.5) is 0 Å². The van der Waals surface area contributed by atoms with Gasteiger partial charge in [-0.25, -0.2) is 0 Å². The molecule has 0 saturated heterocycles. The van der Waals surface area contributed by atoms with E-state index in [0.29, 0.717) is 0 Å². The molecule has 1 aromatic rings. The van der Waals surface area contributed by atoms with E-state index in [9.17, 15) is 0 Å². The molecule has 1 atom stereocenters. The Morgan fingerprint density at radius 2 is 2.40 bits per heavy atom. The third-order valence-corrected chi connectivity index (χ3v) is 3.00. The second kappa shape index (κ2) is 4.57. The summed E-state index contributed by atoms with van der Waals surface area (Å²) in [4.78, 5) is 0. The molecule has 1 aliphatic carbocycles. The predicted molar refractivity (Wildman–Crippen MR) is 59.1 cm³/mol. The van der Waals surface area contributed by atoms with E-state index in [0.717, 1.165) is 12.1 Å². The summed E-state index contributed by atoms with van der Waals surface area (Å²) in [5.41, 5.74) is 8.64. The van der Waals surface area contributed by atoms with Crippen molar-refractivity contribution < 1.29 is 0 Å². The van der Waals surface area contributed by atoms with E-state index in [2.05, 4.69) is 16.4 Å². The van der Waals surface area contributed by atoms with E-state index < -0.39 is 0 Å². The summed E-state index contributed by atoms with van der Waals surface area (Å²) in [6.07, 6.45) is 10.1. The summed E-state index contributed by atoms with van der Waals surface area (Å²) in [7, 11) is 1.89. The van der Waals surface area contributed by atoms with Crippen molar-refractivity contribution in [3.05, 3.63) is 23.5 Å². The van der Waals surface area contributed by atoms with Crippen molar-refractivity contribution in [2.75, 3.05) is 0 Å². The molecule has 0 spiro atoms. The quantitative estimate of drug-likeness (QED) is 0.766. The van der Waals surface area contributed by atoms with Gasteiger partial charge in [-0.3, -0.25) is 4.68 Å². The van der Waals surface area contributed by atoms with Gasteiger partial charge in [-0.1, -0.05) is 16.9 Å². The minimum absolute atomic E-state index is 0.0364. The third-order valence-electron chi connectivity index (χ3n) is 3.00. The maximum Gasteiger partial charge on any atom is 0.0754 e. The number of hydrogen-bond acceptors (Lipinski definition) is 3. The lowest BCUT2D eigenvalue weighted by Gasteiger charge is -2.17. The normalized spacial score (nSPS) is 18.7. The zero-order valence-electron chi connectivity index (χ0n) is 9.19. The summed E-state index contributed by atoms with van der Waals surface area (Å²) in [5, 5.41) is 7.75. The minimum atomic E-state index is 0.0364. The molecule has 2 N–H and O–H groups in total. The van der Waals surface area contributed by atoms with Crippen molar-refractivity contribution in [1.29, 1.82) is 0 Å². The number of nitrogens with two attached hydrogens (primary N) is 1. The number of aryl methyl sites for hydroxylation is 1. The maximum absolute atomic E-state index is 6.13. The van der Waals surface area contributed by atoms with Gasteiger partial charge in [0.2, 0.25) is 0 Å². The van der Waals surface area contributed by atoms with E-state index >= 15 is 0 Å². The van der Waals surface area contributed by atoms with Crippen molar-refractivity contribution >= 4 is 0 Å². The average Bonchev–Trinajstić information content (AvgIpc) is 2.66. The molecule has 0 fully saturated rings. The molecule has 2 rings (SSSR count). The Morgan fingerprint density at radius 1 is 1.53 bits per heavy atom. The van der Waals surface area contributed by atoms with Crippen molar-refractivity contribution in [2.24, 2.45) is 12.8 Å². The summed E-state index contributed by atoms with van der Waals surface area (Å²) in [6, 6.07) is 0.0364. The Morgan fingerprint density at radius 3 is 3.00 bits per heavy atom. The highest BCUT2D eigenvalue weighted by molar-refractivity contribution is 5.11. The van der Waals surface area contributed by atoms with E-state index in [1.54, 1.807) is 10.9 Å². The number of aromatic nitrogens is 3. The van der Waals surface area contributed by atoms with Gasteiger partial charge < -0.3 is 5.73 Å². The van der Waals surface area contributed by atoms with Gasteiger partial charge >= 0.3 is 0 Å². The minimum Gasteiger partial charge on any atom is -0.322 e. The summed E-state index contributed by atoms with van der Waals surface area (Å²) >= 11 is 0. The summed E-state index contributed by atoms with van der Waals surface area (Å²) in [5.74, 6) is 0. The van der Waals surface area contributed by atoms with E-state index in [-0.39, 0.29) is 6.04 Å². The number of allylic oxidation sites excluding steroid dienone is 1. The van der Waals surface area contributed by atoms with Gasteiger partial charge in [0.1, 0.15) is 0 Å². The van der Waals surface area contributed by atoms with Crippen LogP contribution in [-0.2, 0) is 7.05 Å². The van der Waals surface area contributed by atoms with Crippen LogP contribution < -0.4 is 5.73 Å². The molecule has 1 aromatic heterocycles. The summed E-state index contributed by atoms with van der Waals surface area (Å²) < 4.78 is 1.76. The van der Waals surface area contributed by atoms with E-state index in [4.69, 9.17) is 5.73 Å². The molecule has 0 bridgehead atoms. The molecule has 82 valence electrons. The second-order valence-electron chi connectivity index (χ2n) is 4.20. The number of hydrogen-bond donors (Lipinski definition) is 1. The lowest BCUT2D eigenvalue weighted by atomic mass is 9.94. The monoisotopic (exact) mass is 206 g/mol. The fourth-order valence-corrected chi connectivity index (χ4v) is 2.11. The molecule has 1 aliphatic rings. The topological polar surface area (TPSA) is 56.7 Å². The molecule has 4 heteroatoms. The molecule has 0 aliphatic heterocycles. The first-order valence-corrected chi connectivity index (χ1v) is 5.55. The lowest BCUT2D eigenvalue weighted by Crippen LogP contribution is -2.15. The Labute approximate surface area is 90.2 Å². The second-order valence-corrected chi connectivity index (χ2v) is 4.20. The van der Waals surface area contributed by atoms with Crippen LogP contribution in [0.5, 0.6) is 0 Å². The van der Waals surface area contributed by atoms with Crippen LogP contribution in [0.15, 0.2) is 17.8 Å². The van der Waals surface area contributed by atoms with Crippen LogP contribution in [-0.4, -0.2) is 15.0 Å². The van der Waals surface area contributed by atoms with Crippen LogP contribution in [0.3, 0.4) is 0 Å². The molecule has 0 amide bonds. The van der Waals surface area contributed by atoms with Crippen molar-refractivity contribution in [3.63, 3.8) is 0 Å². The number of nitrogens with zero attached hydrogens (tertiary/aromatic N) is 3. The Balaban J connectivity index is 2.00. The SMILES string of the molecule is Cn1nncc1C(N)CC1=CCCCC1. The van der Waals surface area contributed by atoms with Crippen LogP contribution >= 0.6 is 0 Å². The fraction of sp³-hybridized carbons (Fsp3) is 0.636. The highest BCUT2D eigenvalue weighted by Crippen LogP contribution is 2.25. The van der Waals surface area contributed by atoms with Crippen molar-refractivity contribution in [1.82, 2.24) is 15.0 Å². The van der Waals surface area contributed by atoms with Gasteiger partial charge in [0.05, 0.1) is 17.9 Å². The Bertz CT molecular complexity index is 353. The molecule has 1 unspecified atom stereocenters. The highest BCUT2D eigenvalue weighted by atomic mass is 15.4. The Kier molecular flexibility index (Phi) is 3.16. The smallest absolute Gasteiger partial charge is 0.0754 e. The molecule has 1 heterocycles. The van der Waals surface area contributed by atoms with Gasteiger partial charge in [-0.15, -0.1) is 5.10 Å². The molecule has 0 radical (unpaired) electrons. The highest BCUT2D eigenvalue weighted by Gasteiger charge is 2.14. The molecular weight excluding hydrogens is 188 g/mol. The van der Waals surface area contributed by atoms with Crippen molar-refractivity contribution in [2.45, 2.75) is 38.1 Å². The van der Waals surface area contributed by atoms with E-state index in [1.165, 1.54) is 31.3 Å². The molecule has 0 saturated carbocycles. The molecular formula is C11H18N4. The average molecular weight is 206 g/mol. The van der Waals surface area contributed by atoms with Gasteiger partial charge in [0, 0.05) is 7.05 Å². The van der Waals surface area contributed by atoms with Gasteiger partial charge in [-0.05, 0) is 32.1 Å². The first-order chi connectivity index (χ1) is 7.27. The third kappa shape index (κ3) is 2.45. The fourth-order valence-electron chi connectivity index (χ4n) is 2.11. The van der Waals surface area contributed by atoms with Crippen molar-refractivity contribution in [3.8, 4) is 0 Å². The largest absolute Gasteiger partial charge is 0.322 e. The van der Waals surface area contributed by atoms with E-state index in [1.807, 2.05) is 7.05 Å². The van der Waals surface area contributed by atoms with Gasteiger partial charge in [-0.2, -0.15) is 0 Å². The van der Waals surface area contributed by atoms with Crippen LogP contribution in [0.1, 0.15) is 43.8 Å². The van der Waals surface area contributed by atoms with Gasteiger partial charge in [0.15, 0.2) is 0 Å². The number of rotatable bonds is 3. The predicted octanol–water partition coefficient (Wildman–Crippen LogP) is 1.71. The van der Waals surface area contributed by atoms with Crippen LogP contribution in [0.25, 0.3) is 0 Å². The standard InChI is InChI=1S/C11H18N4/c1-15-11(8-13-14-15)10(12)7-9-5-3-2-4-6-9/h5,8,10H,2-4,6-7,12H2,1H3. The molecule has 4 nitrogen and oxygen atoms in total. The maximum atomic E-state index is 6.13. The first kappa shape index (κ1) is 10.4. The molecule has 0 aromatic carbocycles. The molecule has 15 heavy (non-hydrogen) atoms. The Hall–Kier alpha value is -1.16. The zero-order chi connectivity index (χ0) is 10.7. The first-order valence-electron chi connectivity index (χ1n) is 5.55. The van der Waals surface area contributed by atoms with Gasteiger partial charge in [0.25, 0.3) is 0 Å².